The van der Waals surface area contributed by atoms with Crippen molar-refractivity contribution in [2.75, 3.05) is 5.32 Å². The minimum atomic E-state index is -0.296. The van der Waals surface area contributed by atoms with Gasteiger partial charge in [0.25, 0.3) is 5.56 Å². The summed E-state index contributed by atoms with van der Waals surface area (Å²) in [6, 6.07) is 15.1. The van der Waals surface area contributed by atoms with Gasteiger partial charge in [0, 0.05) is 19.9 Å². The maximum absolute atomic E-state index is 13.0. The Labute approximate surface area is 181 Å². The van der Waals surface area contributed by atoms with Gasteiger partial charge in [-0.05, 0) is 45.8 Å². The van der Waals surface area contributed by atoms with Crippen molar-refractivity contribution in [3.05, 3.63) is 79.5 Å². The molecule has 2 aromatic heterocycles. The molecule has 0 radical (unpaired) electrons. The summed E-state index contributed by atoms with van der Waals surface area (Å²) < 4.78 is 3.08. The maximum atomic E-state index is 13.0. The third-order valence-corrected chi connectivity index (χ3v) is 6.28. The van der Waals surface area contributed by atoms with Crippen molar-refractivity contribution in [1.82, 2.24) is 9.55 Å². The molecule has 0 unspecified atom stereocenters. The summed E-state index contributed by atoms with van der Waals surface area (Å²) in [5.74, 6) is -0.296. The zero-order valence-corrected chi connectivity index (χ0v) is 18.3. The Bertz CT molecular complexity index is 1230. The molecule has 0 aliphatic heterocycles. The lowest BCUT2D eigenvalue weighted by molar-refractivity contribution is -0.116. The Morgan fingerprint density at radius 1 is 1.11 bits per heavy atom. The molecule has 4 rings (SSSR count). The van der Waals surface area contributed by atoms with Crippen molar-refractivity contribution >= 4 is 65.0 Å². The Hall–Kier alpha value is -2.29. The van der Waals surface area contributed by atoms with Crippen LogP contribution >= 0.6 is 43.2 Å². The van der Waals surface area contributed by atoms with E-state index in [2.05, 4.69) is 42.2 Å². The quantitative estimate of drug-likeness (QED) is 0.399. The zero-order valence-electron chi connectivity index (χ0n) is 14.4. The number of carbonyl (C=O) groups is 1. The molecule has 8 heteroatoms. The van der Waals surface area contributed by atoms with Gasteiger partial charge in [-0.25, -0.2) is 4.98 Å². The van der Waals surface area contributed by atoms with Gasteiger partial charge in [0.05, 0.1) is 17.4 Å². The number of carbonyl (C=O) groups excluding carboxylic acids is 1. The molecule has 4 aromatic rings. The molecular formula is C20H13Br2N3O2S. The van der Waals surface area contributed by atoms with Crippen molar-refractivity contribution in [3.8, 4) is 11.1 Å². The average molecular weight is 519 g/mol. The van der Waals surface area contributed by atoms with Gasteiger partial charge in [0.15, 0.2) is 0 Å². The van der Waals surface area contributed by atoms with E-state index >= 15 is 0 Å². The Kier molecular flexibility index (Phi) is 5.43. The molecule has 140 valence electrons. The highest BCUT2D eigenvalue weighted by Crippen LogP contribution is 2.31. The molecule has 1 amide bonds. The van der Waals surface area contributed by atoms with E-state index in [1.54, 1.807) is 6.07 Å². The number of anilines is 1. The molecule has 28 heavy (non-hydrogen) atoms. The number of thiophene rings is 1. The van der Waals surface area contributed by atoms with E-state index in [1.165, 1.54) is 22.2 Å². The largest absolute Gasteiger partial charge is 0.324 e. The number of nitrogens with one attached hydrogen (secondary N) is 1. The van der Waals surface area contributed by atoms with Crippen LogP contribution in [0.2, 0.25) is 0 Å². The monoisotopic (exact) mass is 517 g/mol. The summed E-state index contributed by atoms with van der Waals surface area (Å²) in [4.78, 5) is 30.5. The summed E-state index contributed by atoms with van der Waals surface area (Å²) in [7, 11) is 0. The number of para-hydroxylation sites is 1. The minimum absolute atomic E-state index is 0.112. The molecule has 2 aromatic carbocycles. The van der Waals surface area contributed by atoms with Gasteiger partial charge >= 0.3 is 0 Å². The van der Waals surface area contributed by atoms with Crippen molar-refractivity contribution in [3.63, 3.8) is 0 Å². The summed E-state index contributed by atoms with van der Waals surface area (Å²) in [5.41, 5.74) is 2.18. The maximum Gasteiger partial charge on any atom is 0.263 e. The van der Waals surface area contributed by atoms with Crippen LogP contribution in [0.15, 0.2) is 74.0 Å². The number of hydrogen-bond donors (Lipinski definition) is 1. The van der Waals surface area contributed by atoms with Gasteiger partial charge in [0.2, 0.25) is 5.91 Å². The summed E-state index contributed by atoms with van der Waals surface area (Å²) in [6.45, 7) is -0.112. The molecule has 1 N–H and O–H groups in total. The van der Waals surface area contributed by atoms with Gasteiger partial charge in [-0.2, -0.15) is 0 Å². The first-order valence-electron chi connectivity index (χ1n) is 8.30. The van der Waals surface area contributed by atoms with Crippen molar-refractivity contribution in [2.24, 2.45) is 0 Å². The molecular weight excluding hydrogens is 506 g/mol. The first-order valence-corrected chi connectivity index (χ1v) is 10.8. The van der Waals surface area contributed by atoms with Crippen LogP contribution in [0.5, 0.6) is 0 Å². The Morgan fingerprint density at radius 3 is 2.61 bits per heavy atom. The zero-order chi connectivity index (χ0) is 19.7. The van der Waals surface area contributed by atoms with Crippen LogP contribution in [0.1, 0.15) is 0 Å². The molecule has 0 spiro atoms. The summed E-state index contributed by atoms with van der Waals surface area (Å²) in [5, 5.41) is 5.26. The number of fused-ring (bicyclic) bond motifs is 1. The molecule has 0 atom stereocenters. The standard InChI is InChI=1S/C20H13Br2N3O2S/c21-13-7-5-12(6-8-13)14-10-28-19-18(14)20(27)25(11-23-19)9-17(26)24-16-4-2-1-3-15(16)22/h1-8,10-11H,9H2,(H,24,26). The van der Waals surface area contributed by atoms with Crippen LogP contribution in [0.25, 0.3) is 21.3 Å². The van der Waals surface area contributed by atoms with Gasteiger partial charge in [-0.3, -0.25) is 14.2 Å². The van der Waals surface area contributed by atoms with Gasteiger partial charge in [-0.1, -0.05) is 40.2 Å². The second kappa shape index (κ2) is 7.98. The highest BCUT2D eigenvalue weighted by molar-refractivity contribution is 9.10. The fourth-order valence-electron chi connectivity index (χ4n) is 2.83. The van der Waals surface area contributed by atoms with Gasteiger partial charge in [0.1, 0.15) is 11.4 Å². The molecule has 0 saturated heterocycles. The lowest BCUT2D eigenvalue weighted by atomic mass is 10.1. The molecule has 0 aliphatic rings. The lowest BCUT2D eigenvalue weighted by Gasteiger charge is -2.09. The number of rotatable bonds is 4. The third kappa shape index (κ3) is 3.80. The topological polar surface area (TPSA) is 64.0 Å². The van der Waals surface area contributed by atoms with Crippen LogP contribution in [-0.4, -0.2) is 15.5 Å². The van der Waals surface area contributed by atoms with Crippen molar-refractivity contribution in [1.29, 1.82) is 0 Å². The van der Waals surface area contributed by atoms with E-state index in [-0.39, 0.29) is 18.0 Å². The normalized spacial score (nSPS) is 10.9. The number of nitrogens with zero attached hydrogens (tertiary/aromatic N) is 2. The van der Waals surface area contributed by atoms with Crippen LogP contribution in [0.3, 0.4) is 0 Å². The van der Waals surface area contributed by atoms with Gasteiger partial charge < -0.3 is 5.32 Å². The first-order chi connectivity index (χ1) is 13.5. The number of halogens is 2. The van der Waals surface area contributed by atoms with Crippen LogP contribution in [0, 0.1) is 0 Å². The Balaban J connectivity index is 1.67. The van der Waals surface area contributed by atoms with E-state index in [0.29, 0.717) is 15.9 Å². The lowest BCUT2D eigenvalue weighted by Crippen LogP contribution is -2.27. The predicted octanol–water partition coefficient (Wildman–Crippen LogP) is 5.29. The highest BCUT2D eigenvalue weighted by atomic mass is 79.9. The second-order valence-electron chi connectivity index (χ2n) is 6.04. The highest BCUT2D eigenvalue weighted by Gasteiger charge is 2.15. The smallest absolute Gasteiger partial charge is 0.263 e. The molecule has 0 aliphatic carbocycles. The van der Waals surface area contributed by atoms with E-state index in [0.717, 1.165) is 20.1 Å². The minimum Gasteiger partial charge on any atom is -0.324 e. The predicted molar refractivity (Wildman–Crippen MR) is 120 cm³/mol. The van der Waals surface area contributed by atoms with Crippen molar-refractivity contribution < 1.29 is 4.79 Å². The Morgan fingerprint density at radius 2 is 1.86 bits per heavy atom. The first kappa shape index (κ1) is 19.0. The summed E-state index contributed by atoms with van der Waals surface area (Å²) >= 11 is 8.23. The van der Waals surface area contributed by atoms with Crippen molar-refractivity contribution in [2.45, 2.75) is 6.54 Å². The molecule has 0 bridgehead atoms. The number of hydrogen-bond acceptors (Lipinski definition) is 4. The van der Waals surface area contributed by atoms with E-state index < -0.39 is 0 Å². The van der Waals surface area contributed by atoms with E-state index in [1.807, 2.05) is 47.8 Å². The number of aromatic nitrogens is 2. The number of benzene rings is 2. The SMILES string of the molecule is O=C(Cn1cnc2scc(-c3ccc(Br)cc3)c2c1=O)Nc1ccccc1Br. The molecule has 5 nitrogen and oxygen atoms in total. The summed E-state index contributed by atoms with van der Waals surface area (Å²) in [6.07, 6.45) is 1.42. The number of amides is 1. The molecule has 0 fully saturated rings. The third-order valence-electron chi connectivity index (χ3n) is 4.18. The average Bonchev–Trinajstić information content (AvgIpc) is 3.11. The fraction of sp³-hybridized carbons (Fsp3) is 0.0500. The second-order valence-corrected chi connectivity index (χ2v) is 8.67. The van der Waals surface area contributed by atoms with Gasteiger partial charge in [-0.15, -0.1) is 11.3 Å². The van der Waals surface area contributed by atoms with Crippen LogP contribution < -0.4 is 10.9 Å². The van der Waals surface area contributed by atoms with Crippen LogP contribution in [0.4, 0.5) is 5.69 Å². The van der Waals surface area contributed by atoms with E-state index in [4.69, 9.17) is 0 Å². The molecule has 2 heterocycles. The molecule has 0 saturated carbocycles. The van der Waals surface area contributed by atoms with E-state index in [9.17, 15) is 9.59 Å². The fourth-order valence-corrected chi connectivity index (χ4v) is 4.38. The van der Waals surface area contributed by atoms with Crippen LogP contribution in [-0.2, 0) is 11.3 Å².